The van der Waals surface area contributed by atoms with E-state index >= 15 is 0 Å². The highest BCUT2D eigenvalue weighted by atomic mass is 19.4. The van der Waals surface area contributed by atoms with Crippen molar-refractivity contribution in [3.63, 3.8) is 0 Å². The number of anilines is 1. The topological polar surface area (TPSA) is 92.5 Å². The number of nitrogens with one attached hydrogen (secondary N) is 2. The van der Waals surface area contributed by atoms with Gasteiger partial charge < -0.3 is 11.1 Å². The van der Waals surface area contributed by atoms with Crippen LogP contribution in [-0.2, 0) is 12.6 Å². The lowest BCUT2D eigenvalue weighted by Gasteiger charge is -2.17. The molecule has 2 aromatic heterocycles. The Kier molecular flexibility index (Phi) is 5.60. The number of halogens is 3. The van der Waals surface area contributed by atoms with E-state index in [0.717, 1.165) is 28.2 Å². The Labute approximate surface area is 176 Å². The minimum Gasteiger partial charge on any atom is -0.367 e. The van der Waals surface area contributed by atoms with E-state index < -0.39 is 17.8 Å². The van der Waals surface area contributed by atoms with E-state index in [1.54, 1.807) is 18.5 Å². The highest BCUT2D eigenvalue weighted by Gasteiger charge is 2.33. The van der Waals surface area contributed by atoms with Crippen LogP contribution in [0.4, 0.5) is 19.0 Å². The fourth-order valence-corrected chi connectivity index (χ4v) is 3.45. The maximum atomic E-state index is 13.2. The first-order valence-electron chi connectivity index (χ1n) is 9.73. The van der Waals surface area contributed by atoms with Crippen LogP contribution in [0.25, 0.3) is 22.2 Å². The molecule has 160 valence electrons. The van der Waals surface area contributed by atoms with Gasteiger partial charge in [-0.2, -0.15) is 18.3 Å². The Balaban J connectivity index is 1.45. The molecule has 0 bridgehead atoms. The number of alkyl halides is 3. The number of aryl methyl sites for hydroxylation is 1. The van der Waals surface area contributed by atoms with E-state index in [9.17, 15) is 13.2 Å². The molecule has 4 N–H and O–H groups in total. The number of aromatic nitrogens is 4. The molecule has 0 spiro atoms. The summed E-state index contributed by atoms with van der Waals surface area (Å²) in [4.78, 5) is 8.78. The molecule has 0 saturated carbocycles. The van der Waals surface area contributed by atoms with Gasteiger partial charge in [-0.3, -0.25) is 10.1 Å². The van der Waals surface area contributed by atoms with Gasteiger partial charge in [0, 0.05) is 29.2 Å². The summed E-state index contributed by atoms with van der Waals surface area (Å²) in [5.41, 5.74) is 9.00. The predicted octanol–water partition coefficient (Wildman–Crippen LogP) is 4.33. The quantitative estimate of drug-likeness (QED) is 0.427. The molecule has 4 aromatic rings. The molecule has 2 heterocycles. The van der Waals surface area contributed by atoms with Crippen LogP contribution >= 0.6 is 0 Å². The first-order chi connectivity index (χ1) is 14.8. The van der Waals surface area contributed by atoms with E-state index in [-0.39, 0.29) is 18.5 Å². The molecule has 0 aliphatic rings. The fraction of sp³-hybridized carbons (Fsp3) is 0.227. The molecule has 0 aliphatic carbocycles. The summed E-state index contributed by atoms with van der Waals surface area (Å²) in [6.45, 7) is 2.20. The lowest BCUT2D eigenvalue weighted by molar-refractivity contribution is -0.138. The zero-order valence-corrected chi connectivity index (χ0v) is 16.7. The monoisotopic (exact) mass is 426 g/mol. The lowest BCUT2D eigenvalue weighted by Crippen LogP contribution is -2.32. The van der Waals surface area contributed by atoms with Crippen LogP contribution in [0.1, 0.15) is 16.8 Å². The zero-order valence-electron chi connectivity index (χ0n) is 16.7. The normalized spacial score (nSPS) is 12.8. The number of hydrogen-bond acceptors (Lipinski definition) is 5. The molecule has 0 radical (unpaired) electrons. The van der Waals surface area contributed by atoms with Gasteiger partial charge in [-0.1, -0.05) is 24.3 Å². The van der Waals surface area contributed by atoms with Crippen LogP contribution in [0.15, 0.2) is 54.9 Å². The maximum absolute atomic E-state index is 13.2. The van der Waals surface area contributed by atoms with Gasteiger partial charge in [0.05, 0.1) is 29.2 Å². The largest absolute Gasteiger partial charge is 0.416 e. The summed E-state index contributed by atoms with van der Waals surface area (Å²) >= 11 is 0. The van der Waals surface area contributed by atoms with E-state index in [1.807, 2.05) is 25.1 Å². The summed E-state index contributed by atoms with van der Waals surface area (Å²) in [7, 11) is 0. The summed E-state index contributed by atoms with van der Waals surface area (Å²) in [6.07, 6.45) is -1.10. The first-order valence-corrected chi connectivity index (χ1v) is 9.73. The standard InChI is InChI=1S/C22H21F3N6/c1-13-17-9-15(6-7-19(17)31-30-13)20-11-27-12-21(29-20)28-10-16(26)8-14-4-2-3-5-18(14)22(23,24)25/h2-7,9,11-12,16H,8,10,26H2,1H3,(H,28,29)(H,30,31). The maximum Gasteiger partial charge on any atom is 0.416 e. The predicted molar refractivity (Wildman–Crippen MR) is 113 cm³/mol. The van der Waals surface area contributed by atoms with Crippen molar-refractivity contribution < 1.29 is 13.2 Å². The Hall–Kier alpha value is -3.46. The van der Waals surface area contributed by atoms with Crippen molar-refractivity contribution in [1.82, 2.24) is 20.2 Å². The fourth-order valence-electron chi connectivity index (χ4n) is 3.45. The first kappa shape index (κ1) is 20.8. The van der Waals surface area contributed by atoms with E-state index in [0.29, 0.717) is 11.5 Å². The molecule has 9 heteroatoms. The smallest absolute Gasteiger partial charge is 0.367 e. The zero-order chi connectivity index (χ0) is 22.0. The summed E-state index contributed by atoms with van der Waals surface area (Å²) in [5.74, 6) is 0.501. The van der Waals surface area contributed by atoms with Gasteiger partial charge in [-0.25, -0.2) is 4.98 Å². The number of rotatable bonds is 6. The van der Waals surface area contributed by atoms with Gasteiger partial charge in [0.15, 0.2) is 0 Å². The minimum absolute atomic E-state index is 0.0895. The van der Waals surface area contributed by atoms with Crippen LogP contribution in [0.5, 0.6) is 0 Å². The van der Waals surface area contributed by atoms with Crippen LogP contribution in [0, 0.1) is 6.92 Å². The van der Waals surface area contributed by atoms with E-state index in [1.165, 1.54) is 12.1 Å². The summed E-state index contributed by atoms with van der Waals surface area (Å²) in [6, 6.07) is 10.8. The molecule has 0 fully saturated rings. The SMILES string of the molecule is Cc1[nH]nc2ccc(-c3cncc(NCC(N)Cc4ccccc4C(F)(F)F)n3)cc12. The average Bonchev–Trinajstić information content (AvgIpc) is 3.12. The van der Waals surface area contributed by atoms with Crippen molar-refractivity contribution in [3.8, 4) is 11.3 Å². The second-order valence-corrected chi connectivity index (χ2v) is 7.37. The second kappa shape index (κ2) is 8.35. The Morgan fingerprint density at radius 3 is 2.74 bits per heavy atom. The Morgan fingerprint density at radius 2 is 1.94 bits per heavy atom. The molecule has 0 aliphatic heterocycles. The van der Waals surface area contributed by atoms with Crippen LogP contribution in [0.3, 0.4) is 0 Å². The number of hydrogen-bond donors (Lipinski definition) is 3. The van der Waals surface area contributed by atoms with E-state index in [4.69, 9.17) is 5.73 Å². The van der Waals surface area contributed by atoms with Gasteiger partial charge in [0.2, 0.25) is 0 Å². The van der Waals surface area contributed by atoms with E-state index in [2.05, 4.69) is 25.5 Å². The molecule has 4 rings (SSSR count). The molecular formula is C22H21F3N6. The van der Waals surface area contributed by atoms with Crippen molar-refractivity contribution in [2.75, 3.05) is 11.9 Å². The molecule has 31 heavy (non-hydrogen) atoms. The van der Waals surface area contributed by atoms with Crippen molar-refractivity contribution in [1.29, 1.82) is 0 Å². The lowest BCUT2D eigenvalue weighted by atomic mass is 10.00. The summed E-state index contributed by atoms with van der Waals surface area (Å²) < 4.78 is 39.5. The third kappa shape index (κ3) is 4.66. The molecule has 0 amide bonds. The van der Waals surface area contributed by atoms with Crippen LogP contribution in [-0.4, -0.2) is 32.8 Å². The highest BCUT2D eigenvalue weighted by Crippen LogP contribution is 2.32. The van der Waals surface area contributed by atoms with Gasteiger partial charge in [-0.15, -0.1) is 0 Å². The van der Waals surface area contributed by atoms with Gasteiger partial charge >= 0.3 is 6.18 Å². The van der Waals surface area contributed by atoms with Gasteiger partial charge in [-0.05, 0) is 37.1 Å². The molecule has 1 atom stereocenters. The Morgan fingerprint density at radius 1 is 1.13 bits per heavy atom. The molecule has 2 aromatic carbocycles. The number of H-pyrrole nitrogens is 1. The minimum atomic E-state index is -4.40. The van der Waals surface area contributed by atoms with Crippen LogP contribution < -0.4 is 11.1 Å². The van der Waals surface area contributed by atoms with Gasteiger partial charge in [0.1, 0.15) is 5.82 Å². The number of fused-ring (bicyclic) bond motifs is 1. The summed E-state index contributed by atoms with van der Waals surface area (Å²) in [5, 5.41) is 11.2. The molecule has 0 saturated heterocycles. The van der Waals surface area contributed by atoms with Crippen molar-refractivity contribution in [2.24, 2.45) is 5.73 Å². The van der Waals surface area contributed by atoms with Crippen molar-refractivity contribution in [2.45, 2.75) is 25.6 Å². The molecule has 6 nitrogen and oxygen atoms in total. The highest BCUT2D eigenvalue weighted by molar-refractivity contribution is 5.85. The van der Waals surface area contributed by atoms with Crippen LogP contribution in [0.2, 0.25) is 0 Å². The molecular weight excluding hydrogens is 405 g/mol. The second-order valence-electron chi connectivity index (χ2n) is 7.37. The van der Waals surface area contributed by atoms with Crippen molar-refractivity contribution >= 4 is 16.7 Å². The van der Waals surface area contributed by atoms with Gasteiger partial charge in [0.25, 0.3) is 0 Å². The number of aromatic amines is 1. The average molecular weight is 426 g/mol. The number of nitrogens with two attached hydrogens (primary N) is 1. The molecule has 1 unspecified atom stereocenters. The Bertz CT molecular complexity index is 1200. The number of benzene rings is 2. The third-order valence-electron chi connectivity index (χ3n) is 5.03. The number of nitrogens with zero attached hydrogens (tertiary/aromatic N) is 3. The third-order valence-corrected chi connectivity index (χ3v) is 5.03. The van der Waals surface area contributed by atoms with Crippen molar-refractivity contribution in [3.05, 3.63) is 71.7 Å².